The number of halogens is 1. The number of rotatable bonds is 5. The quantitative estimate of drug-likeness (QED) is 0.854. The van der Waals surface area contributed by atoms with Crippen molar-refractivity contribution in [2.75, 3.05) is 11.9 Å². The second-order valence-electron chi connectivity index (χ2n) is 4.83. The summed E-state index contributed by atoms with van der Waals surface area (Å²) >= 11 is 5.88. The molecule has 1 N–H and O–H groups in total. The fraction of sp³-hybridized carbons (Fsp3) is 0.235. The first-order valence-electron chi connectivity index (χ1n) is 6.69. The van der Waals surface area contributed by atoms with Gasteiger partial charge in [-0.25, -0.2) is 0 Å². The molecule has 0 radical (unpaired) electrons. The van der Waals surface area contributed by atoms with E-state index in [-0.39, 0.29) is 0 Å². The van der Waals surface area contributed by atoms with Crippen molar-refractivity contribution >= 4 is 17.3 Å². The highest BCUT2D eigenvalue weighted by atomic mass is 35.5. The van der Waals surface area contributed by atoms with Gasteiger partial charge in [0, 0.05) is 11.6 Å². The Bertz CT molecular complexity index is 602. The summed E-state index contributed by atoms with van der Waals surface area (Å²) in [6.45, 7) is 3.04. The van der Waals surface area contributed by atoms with Gasteiger partial charge in [-0.05, 0) is 36.1 Å². The van der Waals surface area contributed by atoms with Crippen molar-refractivity contribution in [3.63, 3.8) is 0 Å². The van der Waals surface area contributed by atoms with Crippen LogP contribution in [0.25, 0.3) is 0 Å². The average molecular weight is 285 g/mol. The molecule has 2 aromatic carbocycles. The summed E-state index contributed by atoms with van der Waals surface area (Å²) in [5, 5.41) is 13.0. The Morgan fingerprint density at radius 3 is 2.65 bits per heavy atom. The number of nitrogens with zero attached hydrogens (tertiary/aromatic N) is 1. The molecule has 0 aliphatic carbocycles. The molecular formula is C17H17ClN2. The average Bonchev–Trinajstić information content (AvgIpc) is 2.49. The zero-order valence-electron chi connectivity index (χ0n) is 11.4. The van der Waals surface area contributed by atoms with Gasteiger partial charge >= 0.3 is 0 Å². The van der Waals surface area contributed by atoms with E-state index >= 15 is 0 Å². The Labute approximate surface area is 125 Å². The van der Waals surface area contributed by atoms with Gasteiger partial charge in [-0.2, -0.15) is 5.26 Å². The summed E-state index contributed by atoms with van der Waals surface area (Å²) < 4.78 is 0. The lowest BCUT2D eigenvalue weighted by Crippen LogP contribution is -2.07. The highest BCUT2D eigenvalue weighted by Gasteiger charge is 2.06. The van der Waals surface area contributed by atoms with Gasteiger partial charge in [-0.15, -0.1) is 0 Å². The Kier molecular flexibility index (Phi) is 5.03. The summed E-state index contributed by atoms with van der Waals surface area (Å²) in [6, 6.07) is 17.9. The van der Waals surface area contributed by atoms with Crippen molar-refractivity contribution in [2.45, 2.75) is 19.3 Å². The van der Waals surface area contributed by atoms with E-state index in [2.05, 4.69) is 42.6 Å². The molecule has 0 aliphatic rings. The second kappa shape index (κ2) is 6.98. The zero-order chi connectivity index (χ0) is 14.4. The molecule has 0 saturated carbocycles. The van der Waals surface area contributed by atoms with Crippen LogP contribution in [-0.4, -0.2) is 6.54 Å². The van der Waals surface area contributed by atoms with Crippen molar-refractivity contribution in [3.8, 4) is 6.07 Å². The SMILES string of the molecule is CC(CCNc1ccc(Cl)cc1C#N)c1ccccc1. The Balaban J connectivity index is 1.92. The standard InChI is InChI=1S/C17H17ClN2/c1-13(14-5-3-2-4-6-14)9-10-20-17-8-7-16(18)11-15(17)12-19/h2-8,11,13,20H,9-10H2,1H3. The van der Waals surface area contributed by atoms with Crippen LogP contribution in [0.3, 0.4) is 0 Å². The number of anilines is 1. The Morgan fingerprint density at radius 1 is 1.20 bits per heavy atom. The third-order valence-corrected chi connectivity index (χ3v) is 3.60. The zero-order valence-corrected chi connectivity index (χ0v) is 12.2. The van der Waals surface area contributed by atoms with Crippen molar-refractivity contribution < 1.29 is 0 Å². The Hall–Kier alpha value is -1.98. The molecular weight excluding hydrogens is 268 g/mol. The number of nitriles is 1. The van der Waals surface area contributed by atoms with E-state index in [0.717, 1.165) is 18.7 Å². The van der Waals surface area contributed by atoms with Gasteiger partial charge in [-0.1, -0.05) is 48.9 Å². The van der Waals surface area contributed by atoms with E-state index < -0.39 is 0 Å². The van der Waals surface area contributed by atoms with Crippen molar-refractivity contribution in [2.24, 2.45) is 0 Å². The van der Waals surface area contributed by atoms with Crippen LogP contribution in [0.2, 0.25) is 5.02 Å². The van der Waals surface area contributed by atoms with Crippen molar-refractivity contribution in [1.82, 2.24) is 0 Å². The summed E-state index contributed by atoms with van der Waals surface area (Å²) in [7, 11) is 0. The topological polar surface area (TPSA) is 35.8 Å². The van der Waals surface area contributed by atoms with Crippen LogP contribution in [0, 0.1) is 11.3 Å². The van der Waals surface area contributed by atoms with Crippen molar-refractivity contribution in [3.05, 3.63) is 64.7 Å². The van der Waals surface area contributed by atoms with Crippen LogP contribution in [0.4, 0.5) is 5.69 Å². The highest BCUT2D eigenvalue weighted by Crippen LogP contribution is 2.22. The van der Waals surface area contributed by atoms with E-state index in [1.54, 1.807) is 12.1 Å². The molecule has 1 unspecified atom stereocenters. The number of hydrogen-bond acceptors (Lipinski definition) is 2. The van der Waals surface area contributed by atoms with Gasteiger partial charge in [-0.3, -0.25) is 0 Å². The minimum absolute atomic E-state index is 0.488. The predicted molar refractivity (Wildman–Crippen MR) is 84.1 cm³/mol. The van der Waals surface area contributed by atoms with Crippen LogP contribution in [0.1, 0.15) is 30.4 Å². The van der Waals surface area contributed by atoms with Crippen molar-refractivity contribution in [1.29, 1.82) is 5.26 Å². The first-order valence-corrected chi connectivity index (χ1v) is 7.07. The smallest absolute Gasteiger partial charge is 0.101 e. The molecule has 0 saturated heterocycles. The minimum atomic E-state index is 0.488. The summed E-state index contributed by atoms with van der Waals surface area (Å²) in [6.07, 6.45) is 1.01. The Morgan fingerprint density at radius 2 is 1.95 bits per heavy atom. The van der Waals surface area contributed by atoms with Gasteiger partial charge in [0.15, 0.2) is 0 Å². The van der Waals surface area contributed by atoms with Crippen LogP contribution in [0.5, 0.6) is 0 Å². The van der Waals surface area contributed by atoms with E-state index in [0.29, 0.717) is 16.5 Å². The lowest BCUT2D eigenvalue weighted by Gasteiger charge is -2.13. The fourth-order valence-corrected chi connectivity index (χ4v) is 2.31. The first-order chi connectivity index (χ1) is 9.70. The predicted octanol–water partition coefficient (Wildman–Crippen LogP) is 4.82. The maximum atomic E-state index is 9.08. The van der Waals surface area contributed by atoms with E-state index in [9.17, 15) is 0 Å². The fourth-order valence-electron chi connectivity index (χ4n) is 2.13. The number of benzene rings is 2. The molecule has 0 heterocycles. The number of hydrogen-bond donors (Lipinski definition) is 1. The summed E-state index contributed by atoms with van der Waals surface area (Å²) in [5.41, 5.74) is 2.77. The van der Waals surface area contributed by atoms with Crippen LogP contribution >= 0.6 is 11.6 Å². The van der Waals surface area contributed by atoms with Crippen LogP contribution < -0.4 is 5.32 Å². The molecule has 3 heteroatoms. The molecule has 0 aliphatic heterocycles. The maximum absolute atomic E-state index is 9.08. The largest absolute Gasteiger partial charge is 0.384 e. The molecule has 102 valence electrons. The normalized spacial score (nSPS) is 11.7. The van der Waals surface area contributed by atoms with E-state index in [4.69, 9.17) is 16.9 Å². The third-order valence-electron chi connectivity index (χ3n) is 3.36. The summed E-state index contributed by atoms with van der Waals surface area (Å²) in [4.78, 5) is 0. The summed E-state index contributed by atoms with van der Waals surface area (Å²) in [5.74, 6) is 0.488. The first kappa shape index (κ1) is 14.4. The molecule has 2 aromatic rings. The molecule has 0 fully saturated rings. The molecule has 2 rings (SSSR count). The third kappa shape index (κ3) is 3.76. The van der Waals surface area contributed by atoms with Crippen LogP contribution in [-0.2, 0) is 0 Å². The molecule has 0 amide bonds. The number of nitrogens with one attached hydrogen (secondary N) is 1. The lowest BCUT2D eigenvalue weighted by atomic mass is 9.98. The van der Waals surface area contributed by atoms with E-state index in [1.807, 2.05) is 12.1 Å². The van der Waals surface area contributed by atoms with Gasteiger partial charge in [0.2, 0.25) is 0 Å². The molecule has 0 aromatic heterocycles. The van der Waals surface area contributed by atoms with E-state index in [1.165, 1.54) is 5.56 Å². The van der Waals surface area contributed by atoms with Gasteiger partial charge < -0.3 is 5.32 Å². The molecule has 20 heavy (non-hydrogen) atoms. The molecule has 1 atom stereocenters. The maximum Gasteiger partial charge on any atom is 0.101 e. The monoisotopic (exact) mass is 284 g/mol. The second-order valence-corrected chi connectivity index (χ2v) is 5.27. The van der Waals surface area contributed by atoms with Gasteiger partial charge in [0.05, 0.1) is 11.3 Å². The molecule has 2 nitrogen and oxygen atoms in total. The minimum Gasteiger partial charge on any atom is -0.384 e. The molecule has 0 bridgehead atoms. The van der Waals surface area contributed by atoms with Gasteiger partial charge in [0.25, 0.3) is 0 Å². The highest BCUT2D eigenvalue weighted by molar-refractivity contribution is 6.30. The lowest BCUT2D eigenvalue weighted by molar-refractivity contribution is 0.706. The van der Waals surface area contributed by atoms with Gasteiger partial charge in [0.1, 0.15) is 6.07 Å². The van der Waals surface area contributed by atoms with Crippen LogP contribution in [0.15, 0.2) is 48.5 Å². The molecule has 0 spiro atoms.